The zero-order chi connectivity index (χ0) is 23.7. The normalized spacial score (nSPS) is 13.8. The molecule has 0 bridgehead atoms. The van der Waals surface area contributed by atoms with Crippen molar-refractivity contribution in [3.05, 3.63) is 76.1 Å². The molecule has 3 aromatic rings. The Morgan fingerprint density at radius 1 is 1.15 bits per heavy atom. The van der Waals surface area contributed by atoms with Gasteiger partial charge in [-0.15, -0.1) is 0 Å². The smallest absolute Gasteiger partial charge is 0.343 e. The van der Waals surface area contributed by atoms with Crippen molar-refractivity contribution in [3.8, 4) is 0 Å². The van der Waals surface area contributed by atoms with Gasteiger partial charge in [0.05, 0.1) is 23.6 Å². The number of aromatic nitrogens is 2. The van der Waals surface area contributed by atoms with Gasteiger partial charge in [-0.25, -0.2) is 9.48 Å². The summed E-state index contributed by atoms with van der Waals surface area (Å²) in [5.74, 6) is -1.58. The van der Waals surface area contributed by atoms with Gasteiger partial charge in [0.2, 0.25) is 5.91 Å². The molecule has 1 unspecified atom stereocenters. The van der Waals surface area contributed by atoms with E-state index < -0.39 is 18.0 Å². The number of amides is 2. The number of nitrogens with zero attached hydrogens (tertiary/aromatic N) is 3. The van der Waals surface area contributed by atoms with Gasteiger partial charge in [0.1, 0.15) is 17.3 Å². The highest BCUT2D eigenvalue weighted by atomic mass is 35.5. The van der Waals surface area contributed by atoms with Gasteiger partial charge in [0.25, 0.3) is 5.91 Å². The van der Waals surface area contributed by atoms with E-state index in [2.05, 4.69) is 10.4 Å². The second-order valence-electron chi connectivity index (χ2n) is 7.93. The Morgan fingerprint density at radius 3 is 2.58 bits per heavy atom. The zero-order valence-electron chi connectivity index (χ0n) is 18.5. The van der Waals surface area contributed by atoms with E-state index in [9.17, 15) is 14.4 Å². The van der Waals surface area contributed by atoms with Gasteiger partial charge in [-0.2, -0.15) is 5.10 Å². The van der Waals surface area contributed by atoms with Crippen LogP contribution in [0.4, 0.5) is 11.4 Å². The highest BCUT2D eigenvalue weighted by Crippen LogP contribution is 2.30. The van der Waals surface area contributed by atoms with Crippen molar-refractivity contribution >= 4 is 40.8 Å². The molecule has 9 heteroatoms. The van der Waals surface area contributed by atoms with Crippen molar-refractivity contribution < 1.29 is 19.1 Å². The summed E-state index contributed by atoms with van der Waals surface area (Å²) < 4.78 is 6.97. The molecule has 1 aromatic heterocycles. The molecule has 0 saturated heterocycles. The highest BCUT2D eigenvalue weighted by molar-refractivity contribution is 6.32. The van der Waals surface area contributed by atoms with Crippen LogP contribution in [-0.4, -0.2) is 40.2 Å². The van der Waals surface area contributed by atoms with Crippen LogP contribution in [-0.2, 0) is 20.9 Å². The lowest BCUT2D eigenvalue weighted by Crippen LogP contribution is -2.47. The second-order valence-corrected chi connectivity index (χ2v) is 8.29. The number of esters is 1. The van der Waals surface area contributed by atoms with E-state index in [1.165, 1.54) is 16.5 Å². The van der Waals surface area contributed by atoms with Gasteiger partial charge in [0.15, 0.2) is 6.10 Å². The van der Waals surface area contributed by atoms with Crippen LogP contribution in [0.25, 0.3) is 0 Å². The summed E-state index contributed by atoms with van der Waals surface area (Å²) in [6.07, 6.45) is -1.13. The number of carbonyl (C=O) groups is 3. The number of fused-ring (bicyclic) bond motifs is 1. The van der Waals surface area contributed by atoms with E-state index in [0.717, 1.165) is 11.1 Å². The van der Waals surface area contributed by atoms with Gasteiger partial charge in [-0.1, -0.05) is 53.6 Å². The number of nitrogens with one attached hydrogen (secondary N) is 1. The van der Waals surface area contributed by atoms with Gasteiger partial charge in [0, 0.05) is 0 Å². The summed E-state index contributed by atoms with van der Waals surface area (Å²) in [5.41, 5.74) is 3.70. The molecule has 0 spiro atoms. The molecular weight excluding hydrogens is 444 g/mol. The van der Waals surface area contributed by atoms with Crippen molar-refractivity contribution in [2.24, 2.45) is 0 Å². The zero-order valence-corrected chi connectivity index (χ0v) is 19.2. The first kappa shape index (κ1) is 22.5. The number of aryl methyl sites for hydroxylation is 2. The van der Waals surface area contributed by atoms with E-state index in [1.807, 2.05) is 31.2 Å². The maximum atomic E-state index is 13.0. The van der Waals surface area contributed by atoms with E-state index in [0.29, 0.717) is 23.6 Å². The average molecular weight is 467 g/mol. The standard InChI is InChI=1S/C24H23ClN4O4/c1-14-8-10-17(11-9-14)12-29-22(25)21(15(2)27-29)24(32)33-16(3)23(31)28-13-20(30)26-18-6-4-5-7-19(18)28/h4-11,16H,12-13H2,1-3H3,(H,26,30). The first-order valence-electron chi connectivity index (χ1n) is 10.4. The summed E-state index contributed by atoms with van der Waals surface area (Å²) in [4.78, 5) is 39.3. The first-order chi connectivity index (χ1) is 15.7. The number of ether oxygens (including phenoxy) is 1. The number of benzene rings is 2. The van der Waals surface area contributed by atoms with Crippen LogP contribution in [0, 0.1) is 13.8 Å². The lowest BCUT2D eigenvalue weighted by molar-refractivity contribution is -0.128. The Labute approximate surface area is 196 Å². The van der Waals surface area contributed by atoms with Crippen molar-refractivity contribution in [1.29, 1.82) is 0 Å². The maximum Gasteiger partial charge on any atom is 0.343 e. The molecule has 4 rings (SSSR count). The molecule has 1 aliphatic rings. The molecule has 1 N–H and O–H groups in total. The first-order valence-corrected chi connectivity index (χ1v) is 10.8. The summed E-state index contributed by atoms with van der Waals surface area (Å²) in [6.45, 7) is 5.36. The maximum absolute atomic E-state index is 13.0. The van der Waals surface area contributed by atoms with Crippen LogP contribution in [0.1, 0.15) is 34.1 Å². The van der Waals surface area contributed by atoms with Crippen molar-refractivity contribution in [1.82, 2.24) is 9.78 Å². The lowest BCUT2D eigenvalue weighted by Gasteiger charge is -2.30. The Hall–Kier alpha value is -3.65. The number of hydrogen-bond acceptors (Lipinski definition) is 5. The lowest BCUT2D eigenvalue weighted by atomic mass is 10.1. The van der Waals surface area contributed by atoms with Crippen LogP contribution in [0.3, 0.4) is 0 Å². The molecule has 0 fully saturated rings. The molecule has 8 nitrogen and oxygen atoms in total. The third-order valence-electron chi connectivity index (χ3n) is 5.39. The number of carbonyl (C=O) groups excluding carboxylic acids is 3. The second kappa shape index (κ2) is 9.07. The average Bonchev–Trinajstić information content (AvgIpc) is 3.06. The summed E-state index contributed by atoms with van der Waals surface area (Å²) in [6, 6.07) is 14.9. The number of halogens is 1. The molecule has 170 valence electrons. The van der Waals surface area contributed by atoms with E-state index in [1.54, 1.807) is 31.2 Å². The third kappa shape index (κ3) is 4.61. The fourth-order valence-electron chi connectivity index (χ4n) is 3.68. The Kier molecular flexibility index (Phi) is 6.20. The van der Waals surface area contributed by atoms with E-state index in [4.69, 9.17) is 16.3 Å². The van der Waals surface area contributed by atoms with Crippen molar-refractivity contribution in [2.45, 2.75) is 33.4 Å². The van der Waals surface area contributed by atoms with Gasteiger partial charge < -0.3 is 10.1 Å². The fraction of sp³-hybridized carbons (Fsp3) is 0.250. The molecule has 0 aliphatic carbocycles. The predicted molar refractivity (Wildman–Crippen MR) is 125 cm³/mol. The van der Waals surface area contributed by atoms with Crippen LogP contribution in [0.5, 0.6) is 0 Å². The van der Waals surface area contributed by atoms with Crippen molar-refractivity contribution in [2.75, 3.05) is 16.8 Å². The largest absolute Gasteiger partial charge is 0.449 e. The minimum absolute atomic E-state index is 0.111. The number of anilines is 2. The van der Waals surface area contributed by atoms with Crippen LogP contribution in [0.2, 0.25) is 5.15 Å². The molecule has 1 aliphatic heterocycles. The predicted octanol–water partition coefficient (Wildman–Crippen LogP) is 3.73. The SMILES string of the molecule is Cc1ccc(Cn2nc(C)c(C(=O)OC(C)C(=O)N3CC(=O)Nc4ccccc43)c2Cl)cc1. The molecule has 0 saturated carbocycles. The highest BCUT2D eigenvalue weighted by Gasteiger charge is 2.32. The number of hydrogen-bond donors (Lipinski definition) is 1. The topological polar surface area (TPSA) is 93.5 Å². The van der Waals surface area contributed by atoms with Crippen LogP contribution in [0.15, 0.2) is 48.5 Å². The molecule has 2 heterocycles. The molecule has 2 amide bonds. The van der Waals surface area contributed by atoms with Gasteiger partial charge in [-0.05, 0) is 38.5 Å². The molecule has 2 aromatic carbocycles. The molecular formula is C24H23ClN4O4. The van der Waals surface area contributed by atoms with Gasteiger partial charge in [-0.3, -0.25) is 14.5 Å². The monoisotopic (exact) mass is 466 g/mol. The number of rotatable bonds is 5. The van der Waals surface area contributed by atoms with E-state index in [-0.39, 0.29) is 23.2 Å². The summed E-state index contributed by atoms with van der Waals surface area (Å²) in [5, 5.41) is 7.23. The Balaban J connectivity index is 1.50. The number of para-hydroxylation sites is 2. The Morgan fingerprint density at radius 2 is 1.85 bits per heavy atom. The molecule has 0 radical (unpaired) electrons. The summed E-state index contributed by atoms with van der Waals surface area (Å²) in [7, 11) is 0. The quantitative estimate of drug-likeness (QED) is 0.578. The van der Waals surface area contributed by atoms with Gasteiger partial charge >= 0.3 is 5.97 Å². The van der Waals surface area contributed by atoms with Crippen molar-refractivity contribution in [3.63, 3.8) is 0 Å². The minimum atomic E-state index is -1.13. The molecule has 33 heavy (non-hydrogen) atoms. The molecule has 1 atom stereocenters. The fourth-order valence-corrected chi connectivity index (χ4v) is 3.99. The third-order valence-corrected chi connectivity index (χ3v) is 5.77. The Bertz CT molecular complexity index is 1240. The minimum Gasteiger partial charge on any atom is -0.449 e. The van der Waals surface area contributed by atoms with E-state index >= 15 is 0 Å². The summed E-state index contributed by atoms with van der Waals surface area (Å²) >= 11 is 6.45. The van der Waals surface area contributed by atoms with Crippen LogP contribution >= 0.6 is 11.6 Å². The van der Waals surface area contributed by atoms with Crippen LogP contribution < -0.4 is 10.2 Å².